The zero-order valence-electron chi connectivity index (χ0n) is 22.2. The second-order valence-electron chi connectivity index (χ2n) is 9.35. The number of carbonyl (C=O) groups excluding carboxylic acids is 1. The van der Waals surface area contributed by atoms with Gasteiger partial charge in [0.25, 0.3) is 0 Å². The number of nitrogens with one attached hydrogen (secondary N) is 3. The van der Waals surface area contributed by atoms with Gasteiger partial charge in [0.15, 0.2) is 0 Å². The summed E-state index contributed by atoms with van der Waals surface area (Å²) in [6.45, 7) is 4.09. The number of aryl methyl sites for hydroxylation is 1. The van der Waals surface area contributed by atoms with Crippen LogP contribution in [0.3, 0.4) is 0 Å². The van der Waals surface area contributed by atoms with E-state index in [0.29, 0.717) is 28.0 Å². The van der Waals surface area contributed by atoms with Crippen molar-refractivity contribution in [2.24, 2.45) is 0 Å². The third-order valence-electron chi connectivity index (χ3n) is 6.43. The summed E-state index contributed by atoms with van der Waals surface area (Å²) in [6, 6.07) is 28.3. The fraction of sp³-hybridized carbons (Fsp3) is 0.161. The Morgan fingerprint density at radius 2 is 1.70 bits per heavy atom. The standard InChI is InChI=1S/C31H29ClN6O2/c1-3-8-28(25-11-6-7-12-26(25)32)40-29-18-15-21(23-9-4-5-10-24(23)30-35-37-38-36-30)19-27(29)34-31(39)33-22-16-13-20(2)14-17-22/h4-7,9-19,28H,3,8H2,1-2H3,(H2,33,34,39)(H,35,36,37,38). The Labute approximate surface area is 237 Å². The number of H-pyrrole nitrogens is 1. The topological polar surface area (TPSA) is 105 Å². The molecule has 0 fully saturated rings. The Kier molecular flexibility index (Phi) is 8.37. The van der Waals surface area contributed by atoms with E-state index in [1.54, 1.807) is 0 Å². The highest BCUT2D eigenvalue weighted by atomic mass is 35.5. The van der Waals surface area contributed by atoms with E-state index in [1.807, 2.05) is 97.9 Å². The number of ether oxygens (including phenoxy) is 1. The van der Waals surface area contributed by atoms with Crippen LogP contribution in [0, 0.1) is 6.92 Å². The van der Waals surface area contributed by atoms with E-state index < -0.39 is 0 Å². The first-order chi connectivity index (χ1) is 19.5. The normalized spacial score (nSPS) is 11.6. The molecule has 1 unspecified atom stereocenters. The van der Waals surface area contributed by atoms with Crippen LogP contribution in [0.5, 0.6) is 5.75 Å². The lowest BCUT2D eigenvalue weighted by Crippen LogP contribution is -2.20. The van der Waals surface area contributed by atoms with E-state index in [1.165, 1.54) is 0 Å². The predicted molar refractivity (Wildman–Crippen MR) is 159 cm³/mol. The van der Waals surface area contributed by atoms with Crippen LogP contribution in [0.15, 0.2) is 91.0 Å². The molecule has 4 aromatic carbocycles. The van der Waals surface area contributed by atoms with Crippen molar-refractivity contribution in [1.82, 2.24) is 20.6 Å². The van der Waals surface area contributed by atoms with E-state index in [4.69, 9.17) is 16.3 Å². The number of halogens is 1. The van der Waals surface area contributed by atoms with E-state index in [-0.39, 0.29) is 12.1 Å². The first-order valence-corrected chi connectivity index (χ1v) is 13.4. The molecule has 8 nitrogen and oxygen atoms in total. The van der Waals surface area contributed by atoms with Crippen LogP contribution in [0.25, 0.3) is 22.5 Å². The molecule has 9 heteroatoms. The van der Waals surface area contributed by atoms with E-state index >= 15 is 0 Å². The first kappa shape index (κ1) is 26.9. The largest absolute Gasteiger partial charge is 0.484 e. The molecule has 0 bridgehead atoms. The van der Waals surface area contributed by atoms with Crippen molar-refractivity contribution in [3.05, 3.63) is 107 Å². The van der Waals surface area contributed by atoms with Gasteiger partial charge in [-0.2, -0.15) is 5.21 Å². The SMILES string of the molecule is CCCC(Oc1ccc(-c2ccccc2-c2nn[nH]n2)cc1NC(=O)Nc1ccc(C)cc1)c1ccccc1Cl. The molecule has 5 rings (SSSR count). The number of hydrogen-bond acceptors (Lipinski definition) is 5. The number of aromatic nitrogens is 4. The van der Waals surface area contributed by atoms with Crippen LogP contribution in [-0.2, 0) is 0 Å². The third kappa shape index (κ3) is 6.30. The van der Waals surface area contributed by atoms with E-state index in [9.17, 15) is 4.79 Å². The summed E-state index contributed by atoms with van der Waals surface area (Å²) in [6.07, 6.45) is 1.35. The Balaban J connectivity index is 1.52. The van der Waals surface area contributed by atoms with Crippen molar-refractivity contribution in [3.8, 4) is 28.3 Å². The van der Waals surface area contributed by atoms with Gasteiger partial charge in [-0.1, -0.05) is 91.2 Å². The van der Waals surface area contributed by atoms with Gasteiger partial charge in [0, 0.05) is 21.8 Å². The van der Waals surface area contributed by atoms with Crippen LogP contribution in [0.1, 0.15) is 37.0 Å². The lowest BCUT2D eigenvalue weighted by atomic mass is 9.98. The molecule has 0 saturated heterocycles. The van der Waals surface area contributed by atoms with Crippen molar-refractivity contribution in [1.29, 1.82) is 0 Å². The monoisotopic (exact) mass is 552 g/mol. The predicted octanol–water partition coefficient (Wildman–Crippen LogP) is 8.06. The Hall–Kier alpha value is -4.69. The fourth-order valence-corrected chi connectivity index (χ4v) is 4.71. The van der Waals surface area contributed by atoms with Crippen LogP contribution >= 0.6 is 11.6 Å². The number of rotatable bonds is 9. The van der Waals surface area contributed by atoms with Crippen molar-refractivity contribution >= 4 is 29.0 Å². The minimum atomic E-state index is -0.387. The molecule has 0 aliphatic heterocycles. The van der Waals surface area contributed by atoms with Crippen LogP contribution < -0.4 is 15.4 Å². The molecular weight excluding hydrogens is 524 g/mol. The number of amides is 2. The van der Waals surface area contributed by atoms with E-state index in [2.05, 4.69) is 38.2 Å². The summed E-state index contributed by atoms with van der Waals surface area (Å²) in [5.41, 5.74) is 5.74. The van der Waals surface area contributed by atoms with Gasteiger partial charge in [-0.15, -0.1) is 10.2 Å². The molecule has 1 atom stereocenters. The summed E-state index contributed by atoms with van der Waals surface area (Å²) in [5, 5.41) is 21.0. The number of benzene rings is 4. The minimum absolute atomic E-state index is 0.295. The highest BCUT2D eigenvalue weighted by Crippen LogP contribution is 2.38. The third-order valence-corrected chi connectivity index (χ3v) is 6.78. The van der Waals surface area contributed by atoms with Gasteiger partial charge in [0.2, 0.25) is 5.82 Å². The fourth-order valence-electron chi connectivity index (χ4n) is 4.45. The molecule has 0 spiro atoms. The summed E-state index contributed by atoms with van der Waals surface area (Å²) >= 11 is 6.54. The quantitative estimate of drug-likeness (QED) is 0.171. The first-order valence-electron chi connectivity index (χ1n) is 13.0. The molecule has 202 valence electrons. The number of tetrazole rings is 1. The van der Waals surface area contributed by atoms with Crippen LogP contribution in [0.2, 0.25) is 5.02 Å². The van der Waals surface area contributed by atoms with Gasteiger partial charge < -0.3 is 15.4 Å². The summed E-state index contributed by atoms with van der Waals surface area (Å²) in [7, 11) is 0. The molecule has 3 N–H and O–H groups in total. The highest BCUT2D eigenvalue weighted by molar-refractivity contribution is 6.31. The van der Waals surface area contributed by atoms with Crippen LogP contribution in [-0.4, -0.2) is 26.7 Å². The molecule has 0 aliphatic rings. The number of aromatic amines is 1. The molecular formula is C31H29ClN6O2. The maximum Gasteiger partial charge on any atom is 0.323 e. The summed E-state index contributed by atoms with van der Waals surface area (Å²) in [5.74, 6) is 1.00. The number of nitrogens with zero attached hydrogens (tertiary/aromatic N) is 3. The number of carbonyl (C=O) groups is 1. The van der Waals surface area contributed by atoms with Crippen molar-refractivity contribution in [3.63, 3.8) is 0 Å². The smallest absolute Gasteiger partial charge is 0.323 e. The average Bonchev–Trinajstić information content (AvgIpc) is 3.50. The molecule has 1 heterocycles. The van der Waals surface area contributed by atoms with Gasteiger partial charge in [-0.05, 0) is 60.0 Å². The summed E-state index contributed by atoms with van der Waals surface area (Å²) in [4.78, 5) is 13.1. The maximum atomic E-state index is 13.1. The lowest BCUT2D eigenvalue weighted by Gasteiger charge is -2.23. The molecule has 2 amide bonds. The van der Waals surface area contributed by atoms with E-state index in [0.717, 1.165) is 40.7 Å². The second-order valence-corrected chi connectivity index (χ2v) is 9.76. The lowest BCUT2D eigenvalue weighted by molar-refractivity contribution is 0.195. The number of urea groups is 1. The Morgan fingerprint density at radius 1 is 0.950 bits per heavy atom. The average molecular weight is 553 g/mol. The van der Waals surface area contributed by atoms with Gasteiger partial charge in [0.05, 0.1) is 5.69 Å². The zero-order chi connectivity index (χ0) is 27.9. The van der Waals surface area contributed by atoms with Gasteiger partial charge >= 0.3 is 6.03 Å². The number of hydrogen-bond donors (Lipinski definition) is 3. The van der Waals surface area contributed by atoms with Gasteiger partial charge in [0.1, 0.15) is 11.9 Å². The second kappa shape index (κ2) is 12.4. The van der Waals surface area contributed by atoms with Crippen LogP contribution in [0.4, 0.5) is 16.2 Å². The zero-order valence-corrected chi connectivity index (χ0v) is 22.9. The summed E-state index contributed by atoms with van der Waals surface area (Å²) < 4.78 is 6.55. The molecule has 0 aliphatic carbocycles. The van der Waals surface area contributed by atoms with Crippen molar-refractivity contribution < 1.29 is 9.53 Å². The molecule has 0 radical (unpaired) electrons. The van der Waals surface area contributed by atoms with Gasteiger partial charge in [-0.3, -0.25) is 0 Å². The Bertz CT molecular complexity index is 1590. The maximum absolute atomic E-state index is 13.1. The molecule has 5 aromatic rings. The molecule has 40 heavy (non-hydrogen) atoms. The number of anilines is 2. The van der Waals surface area contributed by atoms with Gasteiger partial charge in [-0.25, -0.2) is 4.79 Å². The van der Waals surface area contributed by atoms with Crippen molar-refractivity contribution in [2.45, 2.75) is 32.8 Å². The Morgan fingerprint density at radius 3 is 2.42 bits per heavy atom. The molecule has 0 saturated carbocycles. The highest BCUT2D eigenvalue weighted by Gasteiger charge is 2.20. The minimum Gasteiger partial charge on any atom is -0.484 e. The van der Waals surface area contributed by atoms with Crippen molar-refractivity contribution in [2.75, 3.05) is 10.6 Å². The molecule has 1 aromatic heterocycles.